The minimum Gasteiger partial charge on any atom is -0.496 e. The second-order valence-electron chi connectivity index (χ2n) is 4.05. The summed E-state index contributed by atoms with van der Waals surface area (Å²) >= 11 is 1.83. The number of thiophene rings is 1. The van der Waals surface area contributed by atoms with E-state index in [0.29, 0.717) is 0 Å². The second-order valence-corrected chi connectivity index (χ2v) is 5.42. The van der Waals surface area contributed by atoms with Gasteiger partial charge in [0.25, 0.3) is 0 Å². The first kappa shape index (κ1) is 12.0. The first-order chi connectivity index (χ1) is 8.19. The SMILES string of the molecule is COc1ccc(NCc2ccc(C)s2)cc1C. The Balaban J connectivity index is 2.02. The molecule has 1 aromatic carbocycles. The summed E-state index contributed by atoms with van der Waals surface area (Å²) in [6.45, 7) is 5.06. The number of nitrogens with one attached hydrogen (secondary N) is 1. The van der Waals surface area contributed by atoms with Crippen molar-refractivity contribution < 1.29 is 4.74 Å². The van der Waals surface area contributed by atoms with E-state index in [1.54, 1.807) is 7.11 Å². The van der Waals surface area contributed by atoms with Crippen molar-refractivity contribution in [3.8, 4) is 5.75 Å². The Bertz CT molecular complexity index is 505. The summed E-state index contributed by atoms with van der Waals surface area (Å²) in [6.07, 6.45) is 0. The molecule has 0 radical (unpaired) electrons. The quantitative estimate of drug-likeness (QED) is 0.882. The first-order valence-electron chi connectivity index (χ1n) is 5.63. The van der Waals surface area contributed by atoms with Gasteiger partial charge < -0.3 is 10.1 Å². The van der Waals surface area contributed by atoms with Crippen molar-refractivity contribution in [2.45, 2.75) is 20.4 Å². The highest BCUT2D eigenvalue weighted by molar-refractivity contribution is 7.11. The van der Waals surface area contributed by atoms with E-state index in [0.717, 1.165) is 23.5 Å². The number of methoxy groups -OCH3 is 1. The molecule has 90 valence electrons. The summed E-state index contributed by atoms with van der Waals surface area (Å²) in [6, 6.07) is 10.5. The van der Waals surface area contributed by atoms with Gasteiger partial charge in [-0.1, -0.05) is 0 Å². The molecular weight excluding hydrogens is 230 g/mol. The van der Waals surface area contributed by atoms with Gasteiger partial charge in [-0.25, -0.2) is 0 Å². The number of rotatable bonds is 4. The van der Waals surface area contributed by atoms with Gasteiger partial charge in [-0.05, 0) is 49.7 Å². The topological polar surface area (TPSA) is 21.3 Å². The Morgan fingerprint density at radius 1 is 1.18 bits per heavy atom. The molecule has 2 nitrogen and oxygen atoms in total. The number of benzene rings is 1. The molecule has 2 rings (SSSR count). The maximum atomic E-state index is 5.24. The molecular formula is C14H17NOS. The molecule has 0 aliphatic carbocycles. The molecule has 0 aliphatic heterocycles. The molecule has 0 fully saturated rings. The van der Waals surface area contributed by atoms with Crippen LogP contribution in [0.3, 0.4) is 0 Å². The lowest BCUT2D eigenvalue weighted by Crippen LogP contribution is -1.98. The number of anilines is 1. The maximum absolute atomic E-state index is 5.24. The molecule has 1 aromatic heterocycles. The summed E-state index contributed by atoms with van der Waals surface area (Å²) < 4.78 is 5.24. The number of ether oxygens (including phenoxy) is 1. The zero-order valence-electron chi connectivity index (χ0n) is 10.4. The number of aryl methyl sites for hydroxylation is 2. The normalized spacial score (nSPS) is 10.3. The lowest BCUT2D eigenvalue weighted by molar-refractivity contribution is 0.412. The first-order valence-corrected chi connectivity index (χ1v) is 6.44. The van der Waals surface area contributed by atoms with Crippen LogP contribution in [0.4, 0.5) is 5.69 Å². The van der Waals surface area contributed by atoms with E-state index in [1.165, 1.54) is 9.75 Å². The number of hydrogen-bond donors (Lipinski definition) is 1. The Hall–Kier alpha value is -1.48. The molecule has 0 unspecified atom stereocenters. The fourth-order valence-corrected chi connectivity index (χ4v) is 2.59. The zero-order chi connectivity index (χ0) is 12.3. The van der Waals surface area contributed by atoms with Crippen molar-refractivity contribution in [2.24, 2.45) is 0 Å². The Labute approximate surface area is 106 Å². The second kappa shape index (κ2) is 5.23. The van der Waals surface area contributed by atoms with Crippen LogP contribution in [0.25, 0.3) is 0 Å². The van der Waals surface area contributed by atoms with Crippen molar-refractivity contribution in [3.63, 3.8) is 0 Å². The highest BCUT2D eigenvalue weighted by Gasteiger charge is 2.00. The fourth-order valence-electron chi connectivity index (χ4n) is 1.76. The predicted octanol–water partition coefficient (Wildman–Crippen LogP) is 3.99. The molecule has 0 aliphatic rings. The molecule has 0 spiro atoms. The minimum absolute atomic E-state index is 0.879. The molecule has 1 N–H and O–H groups in total. The van der Waals surface area contributed by atoms with Crippen LogP contribution in [0.5, 0.6) is 5.75 Å². The van der Waals surface area contributed by atoms with Crippen LogP contribution in [0.15, 0.2) is 30.3 Å². The van der Waals surface area contributed by atoms with E-state index in [9.17, 15) is 0 Å². The smallest absolute Gasteiger partial charge is 0.121 e. The van der Waals surface area contributed by atoms with Gasteiger partial charge in [0.1, 0.15) is 5.75 Å². The lowest BCUT2D eigenvalue weighted by atomic mass is 10.2. The summed E-state index contributed by atoms with van der Waals surface area (Å²) in [5.41, 5.74) is 2.29. The lowest BCUT2D eigenvalue weighted by Gasteiger charge is -2.09. The van der Waals surface area contributed by atoms with E-state index in [1.807, 2.05) is 23.5 Å². The van der Waals surface area contributed by atoms with Crippen LogP contribution >= 0.6 is 11.3 Å². The minimum atomic E-state index is 0.879. The predicted molar refractivity (Wildman–Crippen MR) is 74.1 cm³/mol. The van der Waals surface area contributed by atoms with Gasteiger partial charge in [0.2, 0.25) is 0 Å². The van der Waals surface area contributed by atoms with Crippen LogP contribution in [0.2, 0.25) is 0 Å². The third-order valence-electron chi connectivity index (χ3n) is 2.66. The summed E-state index contributed by atoms with van der Waals surface area (Å²) in [4.78, 5) is 2.71. The molecule has 0 atom stereocenters. The van der Waals surface area contributed by atoms with Gasteiger partial charge >= 0.3 is 0 Å². The molecule has 0 saturated carbocycles. The van der Waals surface area contributed by atoms with E-state index < -0.39 is 0 Å². The van der Waals surface area contributed by atoms with E-state index >= 15 is 0 Å². The van der Waals surface area contributed by atoms with Crippen molar-refractivity contribution in [3.05, 3.63) is 45.6 Å². The highest BCUT2D eigenvalue weighted by atomic mass is 32.1. The van der Waals surface area contributed by atoms with Gasteiger partial charge in [0.05, 0.1) is 7.11 Å². The Morgan fingerprint density at radius 2 is 2.00 bits per heavy atom. The van der Waals surface area contributed by atoms with Gasteiger partial charge in [-0.15, -0.1) is 11.3 Å². The third-order valence-corrected chi connectivity index (χ3v) is 3.66. The Kier molecular flexibility index (Phi) is 3.69. The molecule has 0 bridgehead atoms. The highest BCUT2D eigenvalue weighted by Crippen LogP contribution is 2.22. The van der Waals surface area contributed by atoms with Crippen molar-refractivity contribution in [2.75, 3.05) is 12.4 Å². The van der Waals surface area contributed by atoms with Crippen molar-refractivity contribution in [1.29, 1.82) is 0 Å². The van der Waals surface area contributed by atoms with Gasteiger partial charge in [-0.2, -0.15) is 0 Å². The van der Waals surface area contributed by atoms with Crippen LogP contribution < -0.4 is 10.1 Å². The maximum Gasteiger partial charge on any atom is 0.121 e. The van der Waals surface area contributed by atoms with Gasteiger partial charge in [0, 0.05) is 22.0 Å². The van der Waals surface area contributed by atoms with Crippen LogP contribution in [-0.4, -0.2) is 7.11 Å². The molecule has 0 saturated heterocycles. The van der Waals surface area contributed by atoms with Gasteiger partial charge in [-0.3, -0.25) is 0 Å². The van der Waals surface area contributed by atoms with Crippen LogP contribution in [0.1, 0.15) is 15.3 Å². The van der Waals surface area contributed by atoms with Crippen molar-refractivity contribution in [1.82, 2.24) is 0 Å². The molecule has 17 heavy (non-hydrogen) atoms. The summed E-state index contributed by atoms with van der Waals surface area (Å²) in [5, 5.41) is 3.42. The zero-order valence-corrected chi connectivity index (χ0v) is 11.2. The standard InChI is InChI=1S/C14H17NOS/c1-10-8-12(5-7-14(10)16-3)15-9-13-6-4-11(2)17-13/h4-8,15H,9H2,1-3H3. The molecule has 3 heteroatoms. The van der Waals surface area contributed by atoms with Crippen molar-refractivity contribution >= 4 is 17.0 Å². The molecule has 0 amide bonds. The third kappa shape index (κ3) is 3.01. The van der Waals surface area contributed by atoms with Crippen LogP contribution in [0, 0.1) is 13.8 Å². The fraction of sp³-hybridized carbons (Fsp3) is 0.286. The summed E-state index contributed by atoms with van der Waals surface area (Å²) in [5.74, 6) is 0.933. The van der Waals surface area contributed by atoms with E-state index in [-0.39, 0.29) is 0 Å². The molecule has 2 aromatic rings. The largest absolute Gasteiger partial charge is 0.496 e. The molecule has 1 heterocycles. The monoisotopic (exact) mass is 247 g/mol. The average Bonchev–Trinajstić information content (AvgIpc) is 2.73. The van der Waals surface area contributed by atoms with E-state index in [4.69, 9.17) is 4.74 Å². The van der Waals surface area contributed by atoms with Crippen LogP contribution in [-0.2, 0) is 6.54 Å². The van der Waals surface area contributed by atoms with Gasteiger partial charge in [0.15, 0.2) is 0 Å². The summed E-state index contributed by atoms with van der Waals surface area (Å²) in [7, 11) is 1.70. The van der Waals surface area contributed by atoms with E-state index in [2.05, 4.69) is 37.4 Å². The Morgan fingerprint density at radius 3 is 2.59 bits per heavy atom. The average molecular weight is 247 g/mol. The number of hydrogen-bond acceptors (Lipinski definition) is 3.